The van der Waals surface area contributed by atoms with E-state index in [4.69, 9.17) is 9.31 Å². The molecule has 8 heteroatoms. The fraction of sp³-hybridized carbons (Fsp3) is 0.500. The van der Waals surface area contributed by atoms with Crippen LogP contribution in [0.2, 0.25) is 0 Å². The van der Waals surface area contributed by atoms with Gasteiger partial charge in [-0.25, -0.2) is 9.78 Å². The fourth-order valence-corrected chi connectivity index (χ4v) is 3.03. The van der Waals surface area contributed by atoms with E-state index in [0.717, 1.165) is 17.3 Å². The Hall–Kier alpha value is -1.64. The zero-order valence-electron chi connectivity index (χ0n) is 16.0. The number of carboxylic acids is 1. The molecule has 0 amide bonds. The number of carbonyl (C=O) groups is 2. The molecule has 1 fully saturated rings. The maximum absolute atomic E-state index is 11.5. The number of carboxylic acid groups (broad SMARTS) is 1. The van der Waals surface area contributed by atoms with Crippen LogP contribution in [0.1, 0.15) is 56.2 Å². The third-order valence-corrected chi connectivity index (χ3v) is 5.48. The molecule has 0 saturated carbocycles. The largest absolute Gasteiger partial charge is 0.491 e. The molecule has 1 aromatic heterocycles. The SMILES string of the molecule is CC(=O)SCC(=Cc1cc(C)cnc1C(=O)O)B1OC(C)(C)C(C)(C)O1. The summed E-state index contributed by atoms with van der Waals surface area (Å²) in [7, 11) is -0.658. The average molecular weight is 377 g/mol. The van der Waals surface area contributed by atoms with Gasteiger partial charge in [0, 0.05) is 24.4 Å². The van der Waals surface area contributed by atoms with E-state index in [0.29, 0.717) is 16.8 Å². The highest BCUT2D eigenvalue weighted by Gasteiger charge is 2.52. The van der Waals surface area contributed by atoms with Crippen molar-refractivity contribution < 1.29 is 24.0 Å². The molecule has 0 unspecified atom stereocenters. The molecule has 2 rings (SSSR count). The first-order valence-corrected chi connectivity index (χ1v) is 9.31. The molecule has 0 bridgehead atoms. The standard InChI is InChI=1S/C18H24BNO5S/c1-11-7-13(15(16(22)23)20-9-11)8-14(10-26-12(2)21)19-24-17(3,4)18(5,6)25-19/h7-9H,10H2,1-6H3,(H,22,23). The molecule has 6 nitrogen and oxygen atoms in total. The van der Waals surface area contributed by atoms with E-state index in [1.807, 2.05) is 34.6 Å². The van der Waals surface area contributed by atoms with Crippen LogP contribution in [0.3, 0.4) is 0 Å². The summed E-state index contributed by atoms with van der Waals surface area (Å²) >= 11 is 1.13. The second kappa shape index (κ2) is 7.54. The molecule has 1 aliphatic heterocycles. The monoisotopic (exact) mass is 377 g/mol. The molecule has 0 aliphatic carbocycles. The van der Waals surface area contributed by atoms with E-state index in [1.165, 1.54) is 13.1 Å². The molecular weight excluding hydrogens is 353 g/mol. The molecule has 0 spiro atoms. The number of pyridine rings is 1. The number of carbonyl (C=O) groups excluding carboxylic acids is 1. The summed E-state index contributed by atoms with van der Waals surface area (Å²) in [5.74, 6) is -0.761. The van der Waals surface area contributed by atoms with Crippen molar-refractivity contribution in [1.82, 2.24) is 4.98 Å². The highest BCUT2D eigenvalue weighted by Crippen LogP contribution is 2.39. The lowest BCUT2D eigenvalue weighted by molar-refractivity contribution is -0.109. The summed E-state index contributed by atoms with van der Waals surface area (Å²) in [6.07, 6.45) is 3.22. The first kappa shape index (κ1) is 20.7. The number of hydrogen-bond acceptors (Lipinski definition) is 6. The molecule has 140 valence electrons. The van der Waals surface area contributed by atoms with Crippen molar-refractivity contribution in [2.45, 2.75) is 52.7 Å². The molecular formula is C18H24BNO5S. The van der Waals surface area contributed by atoms with Gasteiger partial charge in [-0.3, -0.25) is 4.79 Å². The summed E-state index contributed by atoms with van der Waals surface area (Å²) in [6, 6.07) is 1.75. The van der Waals surface area contributed by atoms with E-state index in [2.05, 4.69) is 4.98 Å². The third kappa shape index (κ3) is 4.55. The van der Waals surface area contributed by atoms with Gasteiger partial charge in [0.05, 0.1) is 11.2 Å². The van der Waals surface area contributed by atoms with Crippen molar-refractivity contribution in [3.63, 3.8) is 0 Å². The minimum atomic E-state index is -1.11. The van der Waals surface area contributed by atoms with Crippen LogP contribution < -0.4 is 0 Å². The lowest BCUT2D eigenvalue weighted by Gasteiger charge is -2.32. The zero-order chi connectivity index (χ0) is 19.7. The molecule has 0 radical (unpaired) electrons. The molecule has 1 saturated heterocycles. The third-order valence-electron chi connectivity index (χ3n) is 4.60. The Morgan fingerprint density at radius 3 is 2.35 bits per heavy atom. The van der Waals surface area contributed by atoms with Crippen molar-refractivity contribution >= 4 is 36.0 Å². The van der Waals surface area contributed by atoms with Crippen LogP contribution in [0.5, 0.6) is 0 Å². The van der Waals surface area contributed by atoms with Gasteiger partial charge in [-0.2, -0.15) is 0 Å². The van der Waals surface area contributed by atoms with Gasteiger partial charge in [-0.15, -0.1) is 0 Å². The zero-order valence-corrected chi connectivity index (χ0v) is 16.8. The molecule has 1 N–H and O–H groups in total. The fourth-order valence-electron chi connectivity index (χ4n) is 2.44. The predicted molar refractivity (Wildman–Crippen MR) is 103 cm³/mol. The number of nitrogens with zero attached hydrogens (tertiary/aromatic N) is 1. The quantitative estimate of drug-likeness (QED) is 0.788. The van der Waals surface area contributed by atoms with E-state index in [-0.39, 0.29) is 10.8 Å². The van der Waals surface area contributed by atoms with Gasteiger partial charge in [0.25, 0.3) is 0 Å². The van der Waals surface area contributed by atoms with E-state index < -0.39 is 24.3 Å². The normalized spacial score (nSPS) is 18.8. The second-order valence-corrected chi connectivity index (χ2v) is 8.50. The predicted octanol–water partition coefficient (Wildman–Crippen LogP) is 3.38. The number of aryl methyl sites for hydroxylation is 1. The Kier molecular flexibility index (Phi) is 6.00. The van der Waals surface area contributed by atoms with Crippen LogP contribution >= 0.6 is 11.8 Å². The maximum Gasteiger partial charge on any atom is 0.491 e. The highest BCUT2D eigenvalue weighted by atomic mass is 32.2. The van der Waals surface area contributed by atoms with Gasteiger partial charge in [0.1, 0.15) is 0 Å². The molecule has 26 heavy (non-hydrogen) atoms. The second-order valence-electron chi connectivity index (χ2n) is 7.34. The Morgan fingerprint density at radius 1 is 1.27 bits per heavy atom. The van der Waals surface area contributed by atoms with Crippen LogP contribution in [0, 0.1) is 6.92 Å². The number of rotatable bonds is 5. The summed E-state index contributed by atoms with van der Waals surface area (Å²) in [4.78, 5) is 27.0. The number of aromatic nitrogens is 1. The molecule has 0 atom stereocenters. The lowest BCUT2D eigenvalue weighted by atomic mass is 9.78. The smallest absolute Gasteiger partial charge is 0.476 e. The highest BCUT2D eigenvalue weighted by molar-refractivity contribution is 8.13. The molecule has 1 aromatic rings. The number of thioether (sulfide) groups is 1. The van der Waals surface area contributed by atoms with Crippen LogP contribution in [0.25, 0.3) is 6.08 Å². The Bertz CT molecular complexity index is 744. The topological polar surface area (TPSA) is 85.7 Å². The van der Waals surface area contributed by atoms with Crippen molar-refractivity contribution in [2.24, 2.45) is 0 Å². The van der Waals surface area contributed by atoms with Gasteiger partial charge in [-0.05, 0) is 51.7 Å². The van der Waals surface area contributed by atoms with Gasteiger partial charge in [-0.1, -0.05) is 17.8 Å². The lowest BCUT2D eigenvalue weighted by Crippen LogP contribution is -2.41. The summed E-state index contributed by atoms with van der Waals surface area (Å²) in [6.45, 7) is 11.1. The van der Waals surface area contributed by atoms with Crippen LogP contribution in [-0.2, 0) is 14.1 Å². The van der Waals surface area contributed by atoms with Gasteiger partial charge >= 0.3 is 13.1 Å². The van der Waals surface area contributed by atoms with Crippen molar-refractivity contribution in [3.05, 3.63) is 34.6 Å². The van der Waals surface area contributed by atoms with Crippen LogP contribution in [0.4, 0.5) is 0 Å². The van der Waals surface area contributed by atoms with Crippen molar-refractivity contribution in [2.75, 3.05) is 5.75 Å². The number of hydrogen-bond donors (Lipinski definition) is 1. The minimum Gasteiger partial charge on any atom is -0.476 e. The van der Waals surface area contributed by atoms with Gasteiger partial charge in [0.2, 0.25) is 0 Å². The summed E-state index contributed by atoms with van der Waals surface area (Å²) in [5, 5.41) is 9.37. The summed E-state index contributed by atoms with van der Waals surface area (Å²) in [5.41, 5.74) is 0.896. The first-order valence-electron chi connectivity index (χ1n) is 8.32. The molecule has 0 aromatic carbocycles. The first-order chi connectivity index (χ1) is 11.9. The van der Waals surface area contributed by atoms with Gasteiger partial charge in [0.15, 0.2) is 10.8 Å². The molecule has 2 heterocycles. The van der Waals surface area contributed by atoms with E-state index in [1.54, 1.807) is 12.1 Å². The average Bonchev–Trinajstić information content (AvgIpc) is 2.71. The van der Waals surface area contributed by atoms with E-state index in [9.17, 15) is 14.7 Å². The van der Waals surface area contributed by atoms with Crippen molar-refractivity contribution in [3.8, 4) is 0 Å². The number of aromatic carboxylic acids is 1. The molecule has 1 aliphatic rings. The Morgan fingerprint density at radius 2 is 1.85 bits per heavy atom. The Balaban J connectivity index is 2.46. The minimum absolute atomic E-state index is 0.0340. The maximum atomic E-state index is 11.5. The van der Waals surface area contributed by atoms with Gasteiger partial charge < -0.3 is 14.4 Å². The van der Waals surface area contributed by atoms with Crippen molar-refractivity contribution in [1.29, 1.82) is 0 Å². The van der Waals surface area contributed by atoms with Crippen LogP contribution in [-0.4, -0.2) is 45.2 Å². The van der Waals surface area contributed by atoms with E-state index >= 15 is 0 Å². The Labute approximate surface area is 158 Å². The van der Waals surface area contributed by atoms with Crippen LogP contribution in [0.15, 0.2) is 17.7 Å². The summed E-state index contributed by atoms with van der Waals surface area (Å²) < 4.78 is 12.2.